The number of thioether (sulfide) groups is 1. The molecule has 0 heterocycles. The Morgan fingerprint density at radius 1 is 1.19 bits per heavy atom. The van der Waals surface area contributed by atoms with Crippen molar-refractivity contribution in [3.05, 3.63) is 59.6 Å². The summed E-state index contributed by atoms with van der Waals surface area (Å²) < 4.78 is 25.5. The Bertz CT molecular complexity index is 845. The van der Waals surface area contributed by atoms with Crippen LogP contribution in [0.1, 0.15) is 6.92 Å². The minimum Gasteiger partial charge on any atom is -0.353 e. The molecule has 26 heavy (non-hydrogen) atoms. The van der Waals surface area contributed by atoms with E-state index in [0.29, 0.717) is 23.0 Å². The van der Waals surface area contributed by atoms with E-state index in [4.69, 9.17) is 11.6 Å². The molecule has 8 heteroatoms. The smallest absolute Gasteiger partial charge is 0.243 e. The summed E-state index contributed by atoms with van der Waals surface area (Å²) in [7, 11) is -3.64. The highest BCUT2D eigenvalue weighted by molar-refractivity contribution is 7.99. The van der Waals surface area contributed by atoms with Gasteiger partial charge < -0.3 is 5.32 Å². The maximum Gasteiger partial charge on any atom is 0.243 e. The van der Waals surface area contributed by atoms with Crippen LogP contribution >= 0.6 is 23.4 Å². The average molecular weight is 413 g/mol. The van der Waals surface area contributed by atoms with Gasteiger partial charge in [-0.25, -0.2) is 8.42 Å². The van der Waals surface area contributed by atoms with Gasteiger partial charge in [0.05, 0.1) is 11.9 Å². The molecule has 1 N–H and O–H groups in total. The molecule has 1 unspecified atom stereocenters. The summed E-state index contributed by atoms with van der Waals surface area (Å²) in [5.74, 6) is 0.336. The quantitative estimate of drug-likeness (QED) is 0.533. The van der Waals surface area contributed by atoms with Crippen LogP contribution in [0.15, 0.2) is 59.5 Å². The molecule has 0 fully saturated rings. The first-order valence-electron chi connectivity index (χ1n) is 7.99. The maximum atomic E-state index is 12.4. The van der Waals surface area contributed by atoms with Crippen molar-refractivity contribution in [3.63, 3.8) is 0 Å². The first-order chi connectivity index (χ1) is 12.3. The molecule has 2 aromatic rings. The summed E-state index contributed by atoms with van der Waals surface area (Å²) >= 11 is 7.58. The van der Waals surface area contributed by atoms with Gasteiger partial charge in [0, 0.05) is 22.2 Å². The number of benzene rings is 2. The molecule has 0 aliphatic carbocycles. The van der Waals surface area contributed by atoms with E-state index >= 15 is 0 Å². The monoisotopic (exact) mass is 412 g/mol. The van der Waals surface area contributed by atoms with E-state index in [2.05, 4.69) is 5.32 Å². The number of rotatable bonds is 8. The van der Waals surface area contributed by atoms with E-state index in [1.807, 2.05) is 30.3 Å². The molecule has 0 bridgehead atoms. The number of sulfonamides is 1. The number of nitrogens with zero attached hydrogens (tertiary/aromatic N) is 1. The summed E-state index contributed by atoms with van der Waals surface area (Å²) in [6.07, 6.45) is 1.07. The second kappa shape index (κ2) is 9.30. The summed E-state index contributed by atoms with van der Waals surface area (Å²) in [6, 6.07) is 15.4. The third-order valence-electron chi connectivity index (χ3n) is 3.56. The van der Waals surface area contributed by atoms with Crippen molar-refractivity contribution < 1.29 is 13.2 Å². The summed E-state index contributed by atoms with van der Waals surface area (Å²) in [5, 5.41) is 3.20. The van der Waals surface area contributed by atoms with E-state index in [1.54, 1.807) is 36.9 Å². The summed E-state index contributed by atoms with van der Waals surface area (Å²) in [6.45, 7) is 2.00. The molecule has 0 aromatic heterocycles. The Morgan fingerprint density at radius 2 is 1.88 bits per heavy atom. The van der Waals surface area contributed by atoms with Gasteiger partial charge in [0.25, 0.3) is 0 Å². The Labute approximate surface area is 163 Å². The third kappa shape index (κ3) is 5.93. The Balaban J connectivity index is 1.99. The molecule has 1 amide bonds. The van der Waals surface area contributed by atoms with Crippen LogP contribution in [0.2, 0.25) is 5.02 Å². The molecular weight excluding hydrogens is 392 g/mol. The first-order valence-corrected chi connectivity index (χ1v) is 11.2. The van der Waals surface area contributed by atoms with Gasteiger partial charge in [-0.05, 0) is 37.3 Å². The highest BCUT2D eigenvalue weighted by Gasteiger charge is 2.28. The lowest BCUT2D eigenvalue weighted by atomic mass is 10.2. The zero-order valence-electron chi connectivity index (χ0n) is 14.6. The minimum atomic E-state index is -3.64. The highest BCUT2D eigenvalue weighted by atomic mass is 35.5. The standard InChI is InChI=1S/C18H21ClN2O3S2/c1-14(18(22)20-11-12-25-17-9-4-3-5-10-17)21(26(2,23)24)16-8-6-7-15(19)13-16/h3-10,13-14H,11-12H2,1-2H3,(H,20,22). The highest BCUT2D eigenvalue weighted by Crippen LogP contribution is 2.24. The van der Waals surface area contributed by atoms with Gasteiger partial charge in [0.2, 0.25) is 15.9 Å². The fourth-order valence-corrected chi connectivity index (χ4v) is 4.57. The molecule has 0 saturated heterocycles. The van der Waals surface area contributed by atoms with Gasteiger partial charge in [0.15, 0.2) is 0 Å². The van der Waals surface area contributed by atoms with Gasteiger partial charge in [-0.1, -0.05) is 35.9 Å². The van der Waals surface area contributed by atoms with Gasteiger partial charge in [0.1, 0.15) is 6.04 Å². The van der Waals surface area contributed by atoms with Crippen LogP contribution < -0.4 is 9.62 Å². The van der Waals surface area contributed by atoms with E-state index in [9.17, 15) is 13.2 Å². The lowest BCUT2D eigenvalue weighted by Crippen LogP contribution is -2.48. The molecule has 2 rings (SSSR count). The molecule has 0 saturated carbocycles. The molecular formula is C18H21ClN2O3S2. The summed E-state index contributed by atoms with van der Waals surface area (Å²) in [5.41, 5.74) is 0.362. The fourth-order valence-electron chi connectivity index (χ4n) is 2.43. The van der Waals surface area contributed by atoms with Crippen molar-refractivity contribution in [3.8, 4) is 0 Å². The van der Waals surface area contributed by atoms with Crippen molar-refractivity contribution in [1.82, 2.24) is 5.32 Å². The molecule has 0 spiro atoms. The van der Waals surface area contributed by atoms with Gasteiger partial charge >= 0.3 is 0 Å². The van der Waals surface area contributed by atoms with Crippen LogP contribution in [0.3, 0.4) is 0 Å². The zero-order chi connectivity index (χ0) is 19.2. The zero-order valence-corrected chi connectivity index (χ0v) is 16.9. The average Bonchev–Trinajstić information content (AvgIpc) is 2.58. The van der Waals surface area contributed by atoms with E-state index in [-0.39, 0.29) is 5.91 Å². The van der Waals surface area contributed by atoms with Crippen LogP contribution in [0, 0.1) is 0 Å². The van der Waals surface area contributed by atoms with Crippen molar-refractivity contribution in [2.45, 2.75) is 17.9 Å². The SMILES string of the molecule is CC(C(=O)NCCSc1ccccc1)N(c1cccc(Cl)c1)S(C)(=O)=O. The minimum absolute atomic E-state index is 0.357. The number of carbonyl (C=O) groups is 1. The van der Waals surface area contributed by atoms with Gasteiger partial charge in [-0.3, -0.25) is 9.10 Å². The normalized spacial score (nSPS) is 12.4. The molecule has 0 radical (unpaired) electrons. The molecule has 2 aromatic carbocycles. The lowest BCUT2D eigenvalue weighted by Gasteiger charge is -2.28. The summed E-state index contributed by atoms with van der Waals surface area (Å²) in [4.78, 5) is 13.6. The predicted molar refractivity (Wildman–Crippen MR) is 108 cm³/mol. The number of amides is 1. The van der Waals surface area contributed by atoms with Crippen molar-refractivity contribution in [2.75, 3.05) is 22.9 Å². The van der Waals surface area contributed by atoms with Crippen LogP contribution in [-0.4, -0.2) is 38.9 Å². The second-order valence-corrected chi connectivity index (χ2v) is 9.13. The molecule has 0 aliphatic rings. The number of anilines is 1. The largest absolute Gasteiger partial charge is 0.353 e. The number of hydrogen-bond donors (Lipinski definition) is 1. The number of nitrogens with one attached hydrogen (secondary N) is 1. The molecule has 5 nitrogen and oxygen atoms in total. The van der Waals surface area contributed by atoms with Crippen LogP contribution in [0.5, 0.6) is 0 Å². The first kappa shape index (κ1) is 20.6. The molecule has 140 valence electrons. The second-order valence-electron chi connectivity index (χ2n) is 5.67. The van der Waals surface area contributed by atoms with Crippen molar-refractivity contribution in [2.24, 2.45) is 0 Å². The Morgan fingerprint density at radius 3 is 2.50 bits per heavy atom. The molecule has 1 atom stereocenters. The van der Waals surface area contributed by atoms with Gasteiger partial charge in [-0.15, -0.1) is 11.8 Å². The fraction of sp³-hybridized carbons (Fsp3) is 0.278. The van der Waals surface area contributed by atoms with Crippen molar-refractivity contribution >= 4 is 45.0 Å². The third-order valence-corrected chi connectivity index (χ3v) is 6.05. The van der Waals surface area contributed by atoms with Gasteiger partial charge in [-0.2, -0.15) is 0 Å². The van der Waals surface area contributed by atoms with E-state index in [1.165, 1.54) is 6.07 Å². The van der Waals surface area contributed by atoms with Crippen LogP contribution in [-0.2, 0) is 14.8 Å². The number of hydrogen-bond acceptors (Lipinski definition) is 4. The maximum absolute atomic E-state index is 12.4. The van der Waals surface area contributed by atoms with Crippen LogP contribution in [0.25, 0.3) is 0 Å². The van der Waals surface area contributed by atoms with E-state index in [0.717, 1.165) is 15.5 Å². The number of halogens is 1. The lowest BCUT2D eigenvalue weighted by molar-refractivity contribution is -0.121. The Kier molecular flexibility index (Phi) is 7.37. The Hall–Kier alpha value is -1.70. The van der Waals surface area contributed by atoms with Crippen molar-refractivity contribution in [1.29, 1.82) is 0 Å². The van der Waals surface area contributed by atoms with Crippen LogP contribution in [0.4, 0.5) is 5.69 Å². The topological polar surface area (TPSA) is 66.5 Å². The number of carbonyl (C=O) groups excluding carboxylic acids is 1. The predicted octanol–water partition coefficient (Wildman–Crippen LogP) is 3.40. The van der Waals surface area contributed by atoms with E-state index < -0.39 is 16.1 Å². The molecule has 0 aliphatic heterocycles.